The largest absolute Gasteiger partial charge is 0.504 e. The van der Waals surface area contributed by atoms with Crippen LogP contribution in [0.1, 0.15) is 63.0 Å². The van der Waals surface area contributed by atoms with Crippen LogP contribution in [-0.2, 0) is 31.0 Å². The van der Waals surface area contributed by atoms with Crippen LogP contribution in [-0.4, -0.2) is 78.3 Å². The zero-order chi connectivity index (χ0) is 28.0. The lowest BCUT2D eigenvalue weighted by Crippen LogP contribution is -2.81. The first kappa shape index (κ1) is 26.1. The number of rotatable bonds is 9. The van der Waals surface area contributed by atoms with Crippen molar-refractivity contribution >= 4 is 17.7 Å². The number of ether oxygens (including phenoxy) is 2. The Kier molecular flexibility index (Phi) is 5.75. The van der Waals surface area contributed by atoms with Gasteiger partial charge < -0.3 is 30.9 Å². The van der Waals surface area contributed by atoms with E-state index in [2.05, 4.69) is 21.6 Å². The summed E-state index contributed by atoms with van der Waals surface area (Å²) < 4.78 is 13.3. The number of phenols is 1. The molecule has 3 amide bonds. The predicted molar refractivity (Wildman–Crippen MR) is 145 cm³/mol. The number of phenolic OH excluding ortho intramolecular Hbond substituents is 1. The van der Waals surface area contributed by atoms with E-state index in [1.807, 2.05) is 0 Å². The molecule has 1 aromatic rings. The van der Waals surface area contributed by atoms with Gasteiger partial charge in [-0.2, -0.15) is 0 Å². The van der Waals surface area contributed by atoms with Crippen LogP contribution in [0.15, 0.2) is 12.1 Å². The quantitative estimate of drug-likeness (QED) is 0.359. The van der Waals surface area contributed by atoms with Gasteiger partial charge in [-0.3, -0.25) is 19.3 Å². The van der Waals surface area contributed by atoms with E-state index in [1.165, 1.54) is 30.9 Å². The molecule has 4 bridgehead atoms. The molecule has 5 N–H and O–H groups in total. The number of aromatic hydroxyl groups is 1. The van der Waals surface area contributed by atoms with Crippen molar-refractivity contribution in [2.24, 2.45) is 23.0 Å². The van der Waals surface area contributed by atoms with E-state index in [9.17, 15) is 19.5 Å². The summed E-state index contributed by atoms with van der Waals surface area (Å²) in [7, 11) is 1.74. The number of carbonyl (C=O) groups is 3. The number of hydrogen-bond acceptors (Lipinski definition) is 7. The van der Waals surface area contributed by atoms with Gasteiger partial charge in [-0.05, 0) is 69.0 Å². The number of methoxy groups -OCH3 is 1. The maximum Gasteiger partial charge on any atom is 0.243 e. The van der Waals surface area contributed by atoms with Gasteiger partial charge in [0.2, 0.25) is 17.7 Å². The van der Waals surface area contributed by atoms with E-state index in [-0.39, 0.29) is 35.0 Å². The number of hydrogen-bond donors (Lipinski definition) is 4. The number of fused-ring (bicyclic) bond motifs is 2. The zero-order valence-electron chi connectivity index (χ0n) is 23.3. The molecule has 10 heteroatoms. The smallest absolute Gasteiger partial charge is 0.243 e. The van der Waals surface area contributed by atoms with E-state index < -0.39 is 29.4 Å². The van der Waals surface area contributed by atoms with Crippen LogP contribution in [0, 0.1) is 17.3 Å². The number of carbonyl (C=O) groups excluding carboxylic acids is 3. The monoisotopic (exact) mass is 552 g/mol. The number of piperidine rings is 1. The third kappa shape index (κ3) is 3.38. The van der Waals surface area contributed by atoms with E-state index in [0.29, 0.717) is 18.3 Å². The molecule has 2 aliphatic heterocycles. The molecular formula is C30H40N4O6. The van der Waals surface area contributed by atoms with Crippen molar-refractivity contribution in [3.63, 3.8) is 0 Å². The first-order chi connectivity index (χ1) is 19.1. The SMILES string of the molecule is COC12CC[C@@]3(CC1CNC(=O)[C@H](CC(N)=O)NC(C)=O)[C@H]1Cc4ccc(O)c5c4[C@@]3(CCN1CC1CC1)C2O5. The van der Waals surface area contributed by atoms with Crippen molar-refractivity contribution in [3.8, 4) is 11.5 Å². The Morgan fingerprint density at radius 3 is 2.75 bits per heavy atom. The van der Waals surface area contributed by atoms with Crippen LogP contribution in [0.5, 0.6) is 11.5 Å². The maximum absolute atomic E-state index is 13.2. The Hall–Kier alpha value is -2.85. The fourth-order valence-electron chi connectivity index (χ4n) is 9.79. The lowest BCUT2D eigenvalue weighted by Gasteiger charge is -2.74. The summed E-state index contributed by atoms with van der Waals surface area (Å²) in [6.45, 7) is 3.80. The van der Waals surface area contributed by atoms with E-state index in [0.717, 1.165) is 51.1 Å². The van der Waals surface area contributed by atoms with Gasteiger partial charge >= 0.3 is 0 Å². The maximum atomic E-state index is 13.2. The van der Waals surface area contributed by atoms with Gasteiger partial charge in [-0.1, -0.05) is 6.07 Å². The lowest BCUT2D eigenvalue weighted by molar-refractivity contribution is -0.276. The van der Waals surface area contributed by atoms with Gasteiger partial charge in [0.05, 0.1) is 6.42 Å². The average molecular weight is 553 g/mol. The zero-order valence-corrected chi connectivity index (χ0v) is 23.3. The number of primary amides is 1. The highest BCUT2D eigenvalue weighted by Crippen LogP contribution is 2.76. The number of nitrogens with two attached hydrogens (primary N) is 1. The number of nitrogens with zero attached hydrogens (tertiary/aromatic N) is 1. The minimum atomic E-state index is -1.02. The molecule has 1 aromatic carbocycles. The summed E-state index contributed by atoms with van der Waals surface area (Å²) >= 11 is 0. The molecule has 8 rings (SSSR count). The number of benzene rings is 1. The molecule has 7 atom stereocenters. The molecule has 10 nitrogen and oxygen atoms in total. The van der Waals surface area contributed by atoms with Crippen molar-refractivity contribution in [1.82, 2.24) is 15.5 Å². The molecule has 40 heavy (non-hydrogen) atoms. The van der Waals surface area contributed by atoms with Gasteiger partial charge in [-0.25, -0.2) is 0 Å². The van der Waals surface area contributed by atoms with Gasteiger partial charge in [0.25, 0.3) is 0 Å². The molecule has 2 spiro atoms. The van der Waals surface area contributed by atoms with Crippen molar-refractivity contribution in [2.75, 3.05) is 26.7 Å². The Bertz CT molecular complexity index is 1270. The fraction of sp³-hybridized carbons (Fsp3) is 0.700. The van der Waals surface area contributed by atoms with Crippen LogP contribution in [0.25, 0.3) is 0 Å². The van der Waals surface area contributed by atoms with E-state index in [1.54, 1.807) is 13.2 Å². The van der Waals surface area contributed by atoms with E-state index in [4.69, 9.17) is 15.2 Å². The second-order valence-corrected chi connectivity index (χ2v) is 13.2. The number of likely N-dealkylation sites (tertiary alicyclic amines) is 1. The Morgan fingerprint density at radius 2 is 2.05 bits per heavy atom. The van der Waals surface area contributed by atoms with Crippen molar-refractivity contribution in [3.05, 3.63) is 23.3 Å². The molecule has 4 saturated carbocycles. The molecule has 5 aliphatic carbocycles. The molecule has 5 fully saturated rings. The third-order valence-electron chi connectivity index (χ3n) is 11.4. The minimum Gasteiger partial charge on any atom is -0.504 e. The topological polar surface area (TPSA) is 143 Å². The summed E-state index contributed by atoms with van der Waals surface area (Å²) in [6, 6.07) is 3.23. The highest BCUT2D eigenvalue weighted by Gasteiger charge is 2.80. The summed E-state index contributed by atoms with van der Waals surface area (Å²) in [5, 5.41) is 16.6. The molecule has 1 saturated heterocycles. The Balaban J connectivity index is 1.26. The predicted octanol–water partition coefficient (Wildman–Crippen LogP) is 1.11. The molecule has 216 valence electrons. The first-order valence-corrected chi connectivity index (χ1v) is 14.8. The summed E-state index contributed by atoms with van der Waals surface area (Å²) in [5.41, 5.74) is 6.91. The highest BCUT2D eigenvalue weighted by molar-refractivity contribution is 5.91. The Labute approximate surface area is 234 Å². The number of nitrogens with one attached hydrogen (secondary N) is 2. The van der Waals surface area contributed by atoms with Crippen LogP contribution >= 0.6 is 0 Å². The third-order valence-corrected chi connectivity index (χ3v) is 11.4. The number of amides is 3. The molecule has 2 heterocycles. The molecule has 0 radical (unpaired) electrons. The van der Waals surface area contributed by atoms with Crippen LogP contribution < -0.4 is 21.1 Å². The fourth-order valence-corrected chi connectivity index (χ4v) is 9.79. The van der Waals surface area contributed by atoms with E-state index >= 15 is 0 Å². The van der Waals surface area contributed by atoms with Gasteiger partial charge in [-0.15, -0.1) is 0 Å². The van der Waals surface area contributed by atoms with Crippen molar-refractivity contribution < 1.29 is 29.0 Å². The summed E-state index contributed by atoms with van der Waals surface area (Å²) in [5.74, 6) is 0.0843. The van der Waals surface area contributed by atoms with Crippen LogP contribution in [0.4, 0.5) is 0 Å². The second-order valence-electron chi connectivity index (χ2n) is 13.2. The van der Waals surface area contributed by atoms with Gasteiger partial charge in [0, 0.05) is 55.5 Å². The normalized spacial score (nSPS) is 37.3. The summed E-state index contributed by atoms with van der Waals surface area (Å²) in [4.78, 5) is 39.3. The first-order valence-electron chi connectivity index (χ1n) is 14.8. The minimum absolute atomic E-state index is 0.0405. The van der Waals surface area contributed by atoms with Crippen LogP contribution in [0.3, 0.4) is 0 Å². The van der Waals surface area contributed by atoms with Crippen LogP contribution in [0.2, 0.25) is 0 Å². The lowest BCUT2D eigenvalue weighted by atomic mass is 9.35. The summed E-state index contributed by atoms with van der Waals surface area (Å²) in [6.07, 6.45) is 6.70. The molecule has 7 aliphatic rings. The standard InChI is InChI=1S/C30H40N4O6/c1-16(35)33-20(12-23(31)37)26(38)32-14-19-13-28-7-8-30(19,39-2)27-29(28)9-10-34(15-17-3-4-17)22(28)11-18-5-6-21(36)25(40-27)24(18)29/h5-6,17,19-20,22,27,36H,3-4,7-15H2,1-2H3,(H2,31,37)(H,32,38)(H,33,35)/t19?,20-,22+,27?,28+,29-,30?/m0/s1. The van der Waals surface area contributed by atoms with Crippen molar-refractivity contribution in [2.45, 2.75) is 87.5 Å². The molecule has 0 aromatic heterocycles. The molecule has 3 unspecified atom stereocenters. The van der Waals surface area contributed by atoms with Gasteiger partial charge in [0.1, 0.15) is 17.7 Å². The van der Waals surface area contributed by atoms with Crippen molar-refractivity contribution in [1.29, 1.82) is 0 Å². The average Bonchev–Trinajstić information content (AvgIpc) is 3.66. The molecular weight excluding hydrogens is 512 g/mol. The second kappa shape index (κ2) is 8.82. The van der Waals surface area contributed by atoms with Gasteiger partial charge in [0.15, 0.2) is 11.5 Å². The highest BCUT2D eigenvalue weighted by atomic mass is 16.6. The Morgan fingerprint density at radius 1 is 1.25 bits per heavy atom.